The minimum Gasteiger partial charge on any atom is -0.381 e. The fraction of sp³-hybridized carbons (Fsp3) is 0.909. The molecule has 0 rings (SSSR count). The van der Waals surface area contributed by atoms with Gasteiger partial charge in [0.25, 0.3) is 0 Å². The zero-order valence-electron chi connectivity index (χ0n) is 9.80. The molecule has 0 saturated carbocycles. The van der Waals surface area contributed by atoms with Gasteiger partial charge in [-0.2, -0.15) is 0 Å². The number of ether oxygens (including phenoxy) is 1. The molecule has 0 aromatic carbocycles. The quantitative estimate of drug-likeness (QED) is 0.608. The second kappa shape index (κ2) is 6.82. The van der Waals surface area contributed by atoms with Crippen LogP contribution in [0.25, 0.3) is 0 Å². The van der Waals surface area contributed by atoms with Gasteiger partial charge in [-0.15, -0.1) is 0 Å². The number of hydrogen-bond acceptors (Lipinski definition) is 2. The SMILES string of the molecule is CCC(C)COCC(C)(C)CNC=O. The second-order valence-electron chi connectivity index (χ2n) is 4.69. The Bertz CT molecular complexity index is 157. The molecule has 0 aromatic heterocycles. The van der Waals surface area contributed by atoms with Crippen LogP contribution in [0.5, 0.6) is 0 Å². The van der Waals surface area contributed by atoms with Crippen molar-refractivity contribution in [3.63, 3.8) is 0 Å². The van der Waals surface area contributed by atoms with Crippen molar-refractivity contribution >= 4 is 6.41 Å². The molecule has 14 heavy (non-hydrogen) atoms. The highest BCUT2D eigenvalue weighted by atomic mass is 16.5. The van der Waals surface area contributed by atoms with Gasteiger partial charge in [-0.1, -0.05) is 34.1 Å². The molecule has 84 valence electrons. The Labute approximate surface area is 87.2 Å². The van der Waals surface area contributed by atoms with Gasteiger partial charge in [-0.25, -0.2) is 0 Å². The third-order valence-electron chi connectivity index (χ3n) is 2.26. The molecule has 1 atom stereocenters. The van der Waals surface area contributed by atoms with Crippen LogP contribution in [0.3, 0.4) is 0 Å². The van der Waals surface area contributed by atoms with E-state index in [0.717, 1.165) is 19.4 Å². The van der Waals surface area contributed by atoms with Crippen LogP contribution in [-0.4, -0.2) is 26.2 Å². The van der Waals surface area contributed by atoms with Crippen molar-refractivity contribution in [3.05, 3.63) is 0 Å². The maximum Gasteiger partial charge on any atom is 0.207 e. The van der Waals surface area contributed by atoms with Crippen LogP contribution in [0.4, 0.5) is 0 Å². The van der Waals surface area contributed by atoms with Gasteiger partial charge in [0.1, 0.15) is 0 Å². The normalized spacial score (nSPS) is 13.7. The predicted octanol–water partition coefficient (Wildman–Crippen LogP) is 1.82. The first-order valence-electron chi connectivity index (χ1n) is 5.26. The standard InChI is InChI=1S/C11H23NO2/c1-5-10(2)6-14-8-11(3,4)7-12-9-13/h9-10H,5-8H2,1-4H3,(H,12,13). The summed E-state index contributed by atoms with van der Waals surface area (Å²) in [5, 5.41) is 2.68. The number of amides is 1. The average molecular weight is 201 g/mol. The Morgan fingerprint density at radius 2 is 2.14 bits per heavy atom. The molecule has 0 aliphatic heterocycles. The molecule has 0 heterocycles. The van der Waals surface area contributed by atoms with E-state index in [1.165, 1.54) is 0 Å². The van der Waals surface area contributed by atoms with Crippen LogP contribution in [0.15, 0.2) is 0 Å². The van der Waals surface area contributed by atoms with Gasteiger partial charge in [0, 0.05) is 18.6 Å². The average Bonchev–Trinajstić information content (AvgIpc) is 2.14. The summed E-state index contributed by atoms with van der Waals surface area (Å²) in [5.74, 6) is 0.616. The summed E-state index contributed by atoms with van der Waals surface area (Å²) >= 11 is 0. The maximum absolute atomic E-state index is 10.1. The Morgan fingerprint density at radius 3 is 2.64 bits per heavy atom. The molecule has 0 bridgehead atoms. The lowest BCUT2D eigenvalue weighted by Gasteiger charge is -2.24. The van der Waals surface area contributed by atoms with Crippen molar-refractivity contribution in [1.29, 1.82) is 0 Å². The molecule has 0 saturated heterocycles. The lowest BCUT2D eigenvalue weighted by Crippen LogP contribution is -2.33. The van der Waals surface area contributed by atoms with E-state index in [-0.39, 0.29) is 5.41 Å². The summed E-state index contributed by atoms with van der Waals surface area (Å²) in [5.41, 5.74) is 0.0222. The molecule has 1 amide bonds. The minimum atomic E-state index is 0.0222. The summed E-state index contributed by atoms with van der Waals surface area (Å²) < 4.78 is 5.59. The Balaban J connectivity index is 3.59. The van der Waals surface area contributed by atoms with E-state index in [1.807, 2.05) is 0 Å². The molecule has 0 aliphatic rings. The molecule has 1 N–H and O–H groups in total. The highest BCUT2D eigenvalue weighted by Gasteiger charge is 2.17. The Hall–Kier alpha value is -0.570. The van der Waals surface area contributed by atoms with Gasteiger partial charge in [-0.3, -0.25) is 4.79 Å². The minimum absolute atomic E-state index is 0.0222. The number of rotatable bonds is 8. The van der Waals surface area contributed by atoms with Gasteiger partial charge in [0.15, 0.2) is 0 Å². The zero-order chi connectivity index (χ0) is 11.0. The molecular formula is C11H23NO2. The monoisotopic (exact) mass is 201 g/mol. The lowest BCUT2D eigenvalue weighted by atomic mass is 9.95. The summed E-state index contributed by atoms with van der Waals surface area (Å²) in [6.45, 7) is 10.7. The van der Waals surface area contributed by atoms with Gasteiger partial charge in [0.2, 0.25) is 6.41 Å². The van der Waals surface area contributed by atoms with E-state index in [0.29, 0.717) is 19.1 Å². The molecule has 0 aliphatic carbocycles. The highest BCUT2D eigenvalue weighted by molar-refractivity contribution is 5.45. The predicted molar refractivity (Wildman–Crippen MR) is 58.1 cm³/mol. The van der Waals surface area contributed by atoms with E-state index in [9.17, 15) is 4.79 Å². The Morgan fingerprint density at radius 1 is 1.50 bits per heavy atom. The number of hydrogen-bond donors (Lipinski definition) is 1. The maximum atomic E-state index is 10.1. The van der Waals surface area contributed by atoms with Crippen LogP contribution in [0.1, 0.15) is 34.1 Å². The molecule has 3 heteroatoms. The van der Waals surface area contributed by atoms with Crippen molar-refractivity contribution in [2.24, 2.45) is 11.3 Å². The van der Waals surface area contributed by atoms with Crippen LogP contribution in [0, 0.1) is 11.3 Å². The number of nitrogens with one attached hydrogen (secondary N) is 1. The van der Waals surface area contributed by atoms with Gasteiger partial charge >= 0.3 is 0 Å². The number of carbonyl (C=O) groups is 1. The van der Waals surface area contributed by atoms with Crippen molar-refractivity contribution in [1.82, 2.24) is 5.32 Å². The van der Waals surface area contributed by atoms with E-state index in [1.54, 1.807) is 0 Å². The molecule has 0 aromatic rings. The smallest absolute Gasteiger partial charge is 0.207 e. The van der Waals surface area contributed by atoms with Crippen molar-refractivity contribution in [2.75, 3.05) is 19.8 Å². The molecular weight excluding hydrogens is 178 g/mol. The van der Waals surface area contributed by atoms with E-state index >= 15 is 0 Å². The summed E-state index contributed by atoms with van der Waals surface area (Å²) in [7, 11) is 0. The first-order valence-corrected chi connectivity index (χ1v) is 5.26. The van der Waals surface area contributed by atoms with E-state index in [4.69, 9.17) is 4.74 Å². The van der Waals surface area contributed by atoms with Crippen molar-refractivity contribution in [3.8, 4) is 0 Å². The van der Waals surface area contributed by atoms with Crippen LogP contribution >= 0.6 is 0 Å². The van der Waals surface area contributed by atoms with Gasteiger partial charge < -0.3 is 10.1 Å². The fourth-order valence-corrected chi connectivity index (χ4v) is 1.02. The topological polar surface area (TPSA) is 38.3 Å². The lowest BCUT2D eigenvalue weighted by molar-refractivity contribution is -0.110. The number of carbonyl (C=O) groups excluding carboxylic acids is 1. The van der Waals surface area contributed by atoms with Gasteiger partial charge in [-0.05, 0) is 5.92 Å². The first-order chi connectivity index (χ1) is 6.52. The molecule has 0 radical (unpaired) electrons. The van der Waals surface area contributed by atoms with Crippen molar-refractivity contribution < 1.29 is 9.53 Å². The van der Waals surface area contributed by atoms with Crippen LogP contribution in [0.2, 0.25) is 0 Å². The van der Waals surface area contributed by atoms with E-state index < -0.39 is 0 Å². The molecule has 3 nitrogen and oxygen atoms in total. The second-order valence-corrected chi connectivity index (χ2v) is 4.69. The van der Waals surface area contributed by atoms with Crippen LogP contribution in [-0.2, 0) is 9.53 Å². The summed E-state index contributed by atoms with van der Waals surface area (Å²) in [6, 6.07) is 0. The third-order valence-corrected chi connectivity index (χ3v) is 2.26. The van der Waals surface area contributed by atoms with Crippen LogP contribution < -0.4 is 5.32 Å². The molecule has 0 fully saturated rings. The van der Waals surface area contributed by atoms with Crippen molar-refractivity contribution in [2.45, 2.75) is 34.1 Å². The molecule has 1 unspecified atom stereocenters. The third kappa shape index (κ3) is 6.89. The first kappa shape index (κ1) is 13.4. The summed E-state index contributed by atoms with van der Waals surface area (Å²) in [4.78, 5) is 10.1. The Kier molecular flexibility index (Phi) is 6.54. The van der Waals surface area contributed by atoms with E-state index in [2.05, 4.69) is 33.0 Å². The van der Waals surface area contributed by atoms with Gasteiger partial charge in [0.05, 0.1) is 6.61 Å². The summed E-state index contributed by atoms with van der Waals surface area (Å²) in [6.07, 6.45) is 1.88. The fourth-order valence-electron chi connectivity index (χ4n) is 1.02. The highest BCUT2D eigenvalue weighted by Crippen LogP contribution is 2.14. The zero-order valence-corrected chi connectivity index (χ0v) is 9.80. The largest absolute Gasteiger partial charge is 0.381 e. The molecule has 0 spiro atoms.